The van der Waals surface area contributed by atoms with E-state index in [1.807, 2.05) is 12.1 Å². The van der Waals surface area contributed by atoms with Gasteiger partial charge in [-0.15, -0.1) is 0 Å². The predicted molar refractivity (Wildman–Crippen MR) is 72.0 cm³/mol. The van der Waals surface area contributed by atoms with Crippen molar-refractivity contribution in [2.75, 3.05) is 6.54 Å². The van der Waals surface area contributed by atoms with Gasteiger partial charge in [-0.1, -0.05) is 35.9 Å². The molecule has 3 nitrogen and oxygen atoms in total. The first-order valence-corrected chi connectivity index (χ1v) is 5.99. The van der Waals surface area contributed by atoms with Gasteiger partial charge < -0.3 is 15.6 Å². The highest BCUT2D eigenvalue weighted by Gasteiger charge is 2.06. The Labute approximate surface area is 111 Å². The van der Waals surface area contributed by atoms with Crippen LogP contribution < -0.4 is 10.5 Å². The second-order valence-corrected chi connectivity index (χ2v) is 4.26. The summed E-state index contributed by atoms with van der Waals surface area (Å²) in [5, 5.41) is 10.1. The summed E-state index contributed by atoms with van der Waals surface area (Å²) >= 11 is 6.00. The molecule has 0 aliphatic rings. The van der Waals surface area contributed by atoms with E-state index < -0.39 is 6.10 Å². The molecule has 0 radical (unpaired) electrons. The van der Waals surface area contributed by atoms with Gasteiger partial charge >= 0.3 is 0 Å². The number of rotatable bonds is 4. The zero-order valence-corrected chi connectivity index (χ0v) is 10.5. The van der Waals surface area contributed by atoms with Crippen molar-refractivity contribution in [3.63, 3.8) is 0 Å². The van der Waals surface area contributed by atoms with Crippen LogP contribution in [-0.4, -0.2) is 11.7 Å². The molecule has 0 heterocycles. The first-order chi connectivity index (χ1) is 8.70. The molecule has 0 saturated heterocycles. The van der Waals surface area contributed by atoms with Crippen molar-refractivity contribution in [1.29, 1.82) is 0 Å². The van der Waals surface area contributed by atoms with Gasteiger partial charge in [0, 0.05) is 6.54 Å². The molecule has 0 aromatic heterocycles. The maximum Gasteiger partial charge on any atom is 0.146 e. The van der Waals surface area contributed by atoms with E-state index >= 15 is 0 Å². The van der Waals surface area contributed by atoms with Gasteiger partial charge in [0.1, 0.15) is 11.5 Å². The molecule has 2 rings (SSSR count). The number of para-hydroxylation sites is 1. The molecule has 3 N–H and O–H groups in total. The molecule has 2 aromatic carbocycles. The summed E-state index contributed by atoms with van der Waals surface area (Å²) in [6.45, 7) is 0.199. The van der Waals surface area contributed by atoms with Crippen molar-refractivity contribution in [1.82, 2.24) is 0 Å². The number of halogens is 1. The van der Waals surface area contributed by atoms with Crippen molar-refractivity contribution < 1.29 is 9.84 Å². The average Bonchev–Trinajstić information content (AvgIpc) is 2.41. The highest BCUT2D eigenvalue weighted by molar-refractivity contribution is 6.32. The minimum Gasteiger partial charge on any atom is -0.456 e. The minimum atomic E-state index is -0.639. The summed E-state index contributed by atoms with van der Waals surface area (Å²) in [5.74, 6) is 1.27. The standard InChI is InChI=1S/C14H14ClNO2/c15-12-3-1-2-4-14(12)18-11-7-5-10(6-8-11)13(17)9-16/h1-8,13,17H,9,16H2. The fourth-order valence-electron chi connectivity index (χ4n) is 1.55. The van der Waals surface area contributed by atoms with E-state index in [1.54, 1.807) is 36.4 Å². The van der Waals surface area contributed by atoms with Crippen LogP contribution in [-0.2, 0) is 0 Å². The molecule has 2 aromatic rings. The van der Waals surface area contributed by atoms with Crippen LogP contribution in [0, 0.1) is 0 Å². The lowest BCUT2D eigenvalue weighted by molar-refractivity contribution is 0.186. The van der Waals surface area contributed by atoms with Crippen LogP contribution >= 0.6 is 11.6 Å². The smallest absolute Gasteiger partial charge is 0.146 e. The van der Waals surface area contributed by atoms with E-state index in [1.165, 1.54) is 0 Å². The second kappa shape index (κ2) is 5.87. The van der Waals surface area contributed by atoms with E-state index in [9.17, 15) is 5.11 Å². The summed E-state index contributed by atoms with van der Waals surface area (Å²) < 4.78 is 5.63. The van der Waals surface area contributed by atoms with Gasteiger partial charge in [-0.2, -0.15) is 0 Å². The van der Waals surface area contributed by atoms with Crippen molar-refractivity contribution >= 4 is 11.6 Å². The van der Waals surface area contributed by atoms with Crippen molar-refractivity contribution in [3.05, 3.63) is 59.1 Å². The summed E-state index contributed by atoms with van der Waals surface area (Å²) in [6.07, 6.45) is -0.639. The zero-order chi connectivity index (χ0) is 13.0. The molecule has 1 unspecified atom stereocenters. The Morgan fingerprint density at radius 3 is 2.39 bits per heavy atom. The number of hydrogen-bond acceptors (Lipinski definition) is 3. The fraction of sp³-hybridized carbons (Fsp3) is 0.143. The van der Waals surface area contributed by atoms with Crippen LogP contribution in [0.15, 0.2) is 48.5 Å². The van der Waals surface area contributed by atoms with Gasteiger partial charge in [0.25, 0.3) is 0 Å². The Bertz CT molecular complexity index is 513. The third-order valence-corrected chi connectivity index (χ3v) is 2.86. The van der Waals surface area contributed by atoms with E-state index in [4.69, 9.17) is 22.1 Å². The SMILES string of the molecule is NCC(O)c1ccc(Oc2ccccc2Cl)cc1. The molecule has 0 spiro atoms. The number of aliphatic hydroxyl groups is 1. The van der Waals surface area contributed by atoms with Gasteiger partial charge in [-0.3, -0.25) is 0 Å². The van der Waals surface area contributed by atoms with Crippen molar-refractivity contribution in [3.8, 4) is 11.5 Å². The predicted octanol–water partition coefficient (Wildman–Crippen LogP) is 3.12. The van der Waals surface area contributed by atoms with Gasteiger partial charge in [0.15, 0.2) is 0 Å². The third kappa shape index (κ3) is 3.01. The molecule has 4 heteroatoms. The van der Waals surface area contributed by atoms with E-state index in [0.29, 0.717) is 16.5 Å². The topological polar surface area (TPSA) is 55.5 Å². The molecule has 94 valence electrons. The van der Waals surface area contributed by atoms with E-state index in [0.717, 1.165) is 5.56 Å². The first kappa shape index (κ1) is 12.9. The van der Waals surface area contributed by atoms with Crippen LogP contribution in [0.2, 0.25) is 5.02 Å². The van der Waals surface area contributed by atoms with Crippen LogP contribution in [0.5, 0.6) is 11.5 Å². The quantitative estimate of drug-likeness (QED) is 0.891. The van der Waals surface area contributed by atoms with Crippen molar-refractivity contribution in [2.45, 2.75) is 6.10 Å². The lowest BCUT2D eigenvalue weighted by atomic mass is 10.1. The van der Waals surface area contributed by atoms with Crippen LogP contribution in [0.25, 0.3) is 0 Å². The van der Waals surface area contributed by atoms with Crippen LogP contribution in [0.4, 0.5) is 0 Å². The molecule has 18 heavy (non-hydrogen) atoms. The van der Waals surface area contributed by atoms with Crippen LogP contribution in [0.3, 0.4) is 0 Å². The maximum atomic E-state index is 9.57. The summed E-state index contributed by atoms with van der Waals surface area (Å²) in [4.78, 5) is 0. The number of benzene rings is 2. The van der Waals surface area contributed by atoms with Gasteiger partial charge in [-0.25, -0.2) is 0 Å². The third-order valence-electron chi connectivity index (χ3n) is 2.55. The minimum absolute atomic E-state index is 0.199. The molecule has 0 bridgehead atoms. The second-order valence-electron chi connectivity index (χ2n) is 3.85. The summed E-state index contributed by atoms with van der Waals surface area (Å²) in [7, 11) is 0. The Balaban J connectivity index is 2.14. The maximum absolute atomic E-state index is 9.57. The summed E-state index contributed by atoms with van der Waals surface area (Å²) in [5.41, 5.74) is 6.15. The number of hydrogen-bond donors (Lipinski definition) is 2. The van der Waals surface area contributed by atoms with Crippen LogP contribution in [0.1, 0.15) is 11.7 Å². The van der Waals surface area contributed by atoms with E-state index in [-0.39, 0.29) is 6.54 Å². The highest BCUT2D eigenvalue weighted by Crippen LogP contribution is 2.29. The number of ether oxygens (including phenoxy) is 1. The van der Waals surface area contributed by atoms with Gasteiger partial charge in [-0.05, 0) is 29.8 Å². The summed E-state index contributed by atoms with van der Waals surface area (Å²) in [6, 6.07) is 14.4. The zero-order valence-electron chi connectivity index (χ0n) is 9.71. The Morgan fingerprint density at radius 1 is 1.11 bits per heavy atom. The highest BCUT2D eigenvalue weighted by atomic mass is 35.5. The Kier molecular flexibility index (Phi) is 4.20. The van der Waals surface area contributed by atoms with Gasteiger partial charge in [0.2, 0.25) is 0 Å². The molecule has 1 atom stereocenters. The molecule has 0 aliphatic heterocycles. The van der Waals surface area contributed by atoms with Crippen molar-refractivity contribution in [2.24, 2.45) is 5.73 Å². The lowest BCUT2D eigenvalue weighted by Gasteiger charge is -2.10. The molecular formula is C14H14ClNO2. The average molecular weight is 264 g/mol. The Hall–Kier alpha value is -1.55. The van der Waals surface area contributed by atoms with Gasteiger partial charge in [0.05, 0.1) is 11.1 Å². The number of nitrogens with two attached hydrogens (primary N) is 1. The normalized spacial score (nSPS) is 12.2. The largest absolute Gasteiger partial charge is 0.456 e. The molecule has 0 amide bonds. The molecular weight excluding hydrogens is 250 g/mol. The first-order valence-electron chi connectivity index (χ1n) is 5.61. The Morgan fingerprint density at radius 2 is 1.78 bits per heavy atom. The lowest BCUT2D eigenvalue weighted by Crippen LogP contribution is -2.11. The molecule has 0 saturated carbocycles. The molecule has 0 aliphatic carbocycles. The fourth-order valence-corrected chi connectivity index (χ4v) is 1.72. The van der Waals surface area contributed by atoms with E-state index in [2.05, 4.69) is 0 Å². The number of aliphatic hydroxyl groups excluding tert-OH is 1. The monoisotopic (exact) mass is 263 g/mol. The molecule has 0 fully saturated rings.